The van der Waals surface area contributed by atoms with Crippen LogP contribution in [0.5, 0.6) is 0 Å². The van der Waals surface area contributed by atoms with Crippen LogP contribution in [0.4, 0.5) is 0 Å². The van der Waals surface area contributed by atoms with Crippen molar-refractivity contribution < 1.29 is 4.74 Å². The van der Waals surface area contributed by atoms with E-state index in [1.165, 1.54) is 11.1 Å². The molecular formula is C14H19NO. The highest BCUT2D eigenvalue weighted by Gasteiger charge is 2.39. The maximum atomic E-state index is 6.08. The molecule has 16 heavy (non-hydrogen) atoms. The number of hydrogen-bond acceptors (Lipinski definition) is 2. The Morgan fingerprint density at radius 1 is 1.25 bits per heavy atom. The van der Waals surface area contributed by atoms with Gasteiger partial charge in [-0.15, -0.1) is 0 Å². The summed E-state index contributed by atoms with van der Waals surface area (Å²) in [5.74, 6) is 0. The molecule has 2 atom stereocenters. The molecule has 86 valence electrons. The Hall–Kier alpha value is -0.860. The van der Waals surface area contributed by atoms with Gasteiger partial charge in [-0.25, -0.2) is 0 Å². The van der Waals surface area contributed by atoms with E-state index in [1.807, 2.05) is 0 Å². The van der Waals surface area contributed by atoms with E-state index in [4.69, 9.17) is 10.5 Å². The van der Waals surface area contributed by atoms with E-state index < -0.39 is 0 Å². The lowest BCUT2D eigenvalue weighted by molar-refractivity contribution is -0.0920. The molecule has 1 heterocycles. The van der Waals surface area contributed by atoms with E-state index in [0.717, 1.165) is 38.7 Å². The third-order valence-corrected chi connectivity index (χ3v) is 4.01. The Morgan fingerprint density at radius 3 is 2.88 bits per heavy atom. The number of ether oxygens (including phenoxy) is 1. The molecule has 0 bridgehead atoms. The molecule has 2 N–H and O–H groups in total. The monoisotopic (exact) mass is 217 g/mol. The molecule has 0 saturated carbocycles. The fourth-order valence-electron chi connectivity index (χ4n) is 3.13. The van der Waals surface area contributed by atoms with Gasteiger partial charge in [-0.3, -0.25) is 0 Å². The smallest absolute Gasteiger partial charge is 0.0740 e. The van der Waals surface area contributed by atoms with Gasteiger partial charge in [0.25, 0.3) is 0 Å². The first-order valence-electron chi connectivity index (χ1n) is 6.24. The first kappa shape index (κ1) is 10.3. The van der Waals surface area contributed by atoms with Crippen molar-refractivity contribution in [1.82, 2.24) is 0 Å². The molecule has 1 spiro atoms. The second-order valence-corrected chi connectivity index (χ2v) is 5.23. The zero-order chi connectivity index (χ0) is 11.0. The Balaban J connectivity index is 1.86. The number of nitrogens with two attached hydrogens (primary N) is 1. The fraction of sp³-hybridized carbons (Fsp3) is 0.571. The minimum absolute atomic E-state index is 0.0476. The third kappa shape index (κ3) is 1.76. The maximum absolute atomic E-state index is 6.08. The summed E-state index contributed by atoms with van der Waals surface area (Å²) >= 11 is 0. The number of aryl methyl sites for hydroxylation is 1. The Labute approximate surface area is 96.8 Å². The standard InChI is InChI=1S/C14H19NO/c15-13-6-8-16-14(10-13)7-5-11-3-1-2-4-12(11)9-14/h1-4,13H,5-10,15H2. The van der Waals surface area contributed by atoms with Crippen molar-refractivity contribution in [3.05, 3.63) is 35.4 Å². The van der Waals surface area contributed by atoms with E-state index >= 15 is 0 Å². The van der Waals surface area contributed by atoms with Gasteiger partial charge in [-0.2, -0.15) is 0 Å². The molecule has 1 aromatic carbocycles. The van der Waals surface area contributed by atoms with Crippen LogP contribution in [0.15, 0.2) is 24.3 Å². The Bertz CT molecular complexity index is 390. The predicted octanol–water partition coefficient (Wildman–Crippen LogP) is 2.05. The highest BCUT2D eigenvalue weighted by molar-refractivity contribution is 5.31. The minimum Gasteiger partial charge on any atom is -0.375 e. The van der Waals surface area contributed by atoms with Crippen molar-refractivity contribution in [1.29, 1.82) is 0 Å². The van der Waals surface area contributed by atoms with Gasteiger partial charge in [-0.05, 0) is 36.8 Å². The van der Waals surface area contributed by atoms with E-state index in [1.54, 1.807) is 0 Å². The minimum atomic E-state index is 0.0476. The molecule has 2 nitrogen and oxygen atoms in total. The van der Waals surface area contributed by atoms with Gasteiger partial charge in [0.15, 0.2) is 0 Å². The summed E-state index contributed by atoms with van der Waals surface area (Å²) < 4.78 is 6.05. The summed E-state index contributed by atoms with van der Waals surface area (Å²) in [5, 5.41) is 0. The van der Waals surface area contributed by atoms with E-state index in [9.17, 15) is 0 Å². The van der Waals surface area contributed by atoms with Crippen LogP contribution in [-0.2, 0) is 17.6 Å². The van der Waals surface area contributed by atoms with Crippen LogP contribution in [-0.4, -0.2) is 18.2 Å². The van der Waals surface area contributed by atoms with Crippen molar-refractivity contribution in [3.8, 4) is 0 Å². The molecule has 1 aliphatic carbocycles. The predicted molar refractivity (Wildman–Crippen MR) is 64.4 cm³/mol. The highest BCUT2D eigenvalue weighted by atomic mass is 16.5. The molecule has 3 rings (SSSR count). The zero-order valence-electron chi connectivity index (χ0n) is 9.61. The van der Waals surface area contributed by atoms with Crippen molar-refractivity contribution in [2.24, 2.45) is 5.73 Å². The molecule has 1 saturated heterocycles. The van der Waals surface area contributed by atoms with E-state index in [2.05, 4.69) is 24.3 Å². The van der Waals surface area contributed by atoms with Gasteiger partial charge in [0.05, 0.1) is 5.60 Å². The second-order valence-electron chi connectivity index (χ2n) is 5.23. The molecule has 0 radical (unpaired) electrons. The summed E-state index contributed by atoms with van der Waals surface area (Å²) in [7, 11) is 0. The summed E-state index contributed by atoms with van der Waals surface area (Å²) in [6, 6.07) is 9.06. The maximum Gasteiger partial charge on any atom is 0.0740 e. The van der Waals surface area contributed by atoms with E-state index in [0.29, 0.717) is 6.04 Å². The molecule has 0 amide bonds. The molecule has 2 aliphatic rings. The normalized spacial score (nSPS) is 33.7. The Morgan fingerprint density at radius 2 is 2.06 bits per heavy atom. The first-order chi connectivity index (χ1) is 7.77. The van der Waals surface area contributed by atoms with Gasteiger partial charge in [0.1, 0.15) is 0 Å². The van der Waals surface area contributed by atoms with Crippen molar-refractivity contribution in [3.63, 3.8) is 0 Å². The average molecular weight is 217 g/mol. The quantitative estimate of drug-likeness (QED) is 0.722. The molecule has 1 aromatic rings. The number of rotatable bonds is 0. The van der Waals surface area contributed by atoms with Crippen LogP contribution in [0.1, 0.15) is 30.4 Å². The van der Waals surface area contributed by atoms with Crippen LogP contribution >= 0.6 is 0 Å². The molecule has 1 aliphatic heterocycles. The SMILES string of the molecule is NC1CCOC2(CCc3ccccc3C2)C1. The third-order valence-electron chi connectivity index (χ3n) is 4.01. The molecule has 0 aromatic heterocycles. The van der Waals surface area contributed by atoms with Crippen LogP contribution < -0.4 is 5.73 Å². The van der Waals surface area contributed by atoms with Crippen LogP contribution in [0, 0.1) is 0 Å². The largest absolute Gasteiger partial charge is 0.375 e. The summed E-state index contributed by atoms with van der Waals surface area (Å²) in [6.07, 6.45) is 5.38. The van der Waals surface area contributed by atoms with Gasteiger partial charge >= 0.3 is 0 Å². The number of benzene rings is 1. The Kier molecular flexibility index (Phi) is 2.49. The zero-order valence-corrected chi connectivity index (χ0v) is 9.61. The van der Waals surface area contributed by atoms with Gasteiger partial charge in [-0.1, -0.05) is 24.3 Å². The number of hydrogen-bond donors (Lipinski definition) is 1. The van der Waals surface area contributed by atoms with Crippen molar-refractivity contribution in [2.75, 3.05) is 6.61 Å². The first-order valence-corrected chi connectivity index (χ1v) is 6.24. The average Bonchev–Trinajstić information content (AvgIpc) is 2.28. The van der Waals surface area contributed by atoms with Crippen LogP contribution in [0.2, 0.25) is 0 Å². The highest BCUT2D eigenvalue weighted by Crippen LogP contribution is 2.37. The molecular weight excluding hydrogens is 198 g/mol. The summed E-state index contributed by atoms with van der Waals surface area (Å²) in [5.41, 5.74) is 9.09. The lowest BCUT2D eigenvalue weighted by atomic mass is 9.75. The lowest BCUT2D eigenvalue weighted by Gasteiger charge is -2.43. The fourth-order valence-corrected chi connectivity index (χ4v) is 3.13. The summed E-state index contributed by atoms with van der Waals surface area (Å²) in [4.78, 5) is 0. The van der Waals surface area contributed by atoms with Crippen LogP contribution in [0.25, 0.3) is 0 Å². The van der Waals surface area contributed by atoms with Gasteiger partial charge in [0, 0.05) is 19.1 Å². The van der Waals surface area contributed by atoms with Crippen LogP contribution in [0.3, 0.4) is 0 Å². The number of fused-ring (bicyclic) bond motifs is 1. The summed E-state index contributed by atoms with van der Waals surface area (Å²) in [6.45, 7) is 0.837. The molecule has 2 unspecified atom stereocenters. The lowest BCUT2D eigenvalue weighted by Crippen LogP contribution is -2.48. The second kappa shape index (κ2) is 3.86. The van der Waals surface area contributed by atoms with Gasteiger partial charge < -0.3 is 10.5 Å². The van der Waals surface area contributed by atoms with Gasteiger partial charge in [0.2, 0.25) is 0 Å². The van der Waals surface area contributed by atoms with E-state index in [-0.39, 0.29) is 5.60 Å². The molecule has 1 fully saturated rings. The van der Waals surface area contributed by atoms with Crippen molar-refractivity contribution in [2.45, 2.75) is 43.7 Å². The topological polar surface area (TPSA) is 35.2 Å². The van der Waals surface area contributed by atoms with Crippen molar-refractivity contribution >= 4 is 0 Å². The molecule has 2 heteroatoms.